The Hall–Kier alpha value is -4.20. The number of pyridine rings is 1. The van der Waals surface area contributed by atoms with E-state index in [4.69, 9.17) is 4.74 Å². The van der Waals surface area contributed by atoms with Crippen LogP contribution in [0.4, 0.5) is 0 Å². The van der Waals surface area contributed by atoms with Crippen molar-refractivity contribution in [3.05, 3.63) is 84.2 Å². The first-order valence-electron chi connectivity index (χ1n) is 16.6. The van der Waals surface area contributed by atoms with Crippen LogP contribution in [0.1, 0.15) is 76.5 Å². The van der Waals surface area contributed by atoms with Crippen LogP contribution in [0.15, 0.2) is 72.9 Å². The largest absolute Gasteiger partial charge is 0.492 e. The van der Waals surface area contributed by atoms with Crippen molar-refractivity contribution in [1.82, 2.24) is 20.9 Å². The Balaban J connectivity index is 0.874. The monoisotopic (exact) mass is 622 g/mol. The summed E-state index contributed by atoms with van der Waals surface area (Å²) in [5, 5.41) is 9.19. The Morgan fingerprint density at radius 2 is 1.48 bits per heavy atom. The standard InChI is InChI=1S/C38H46N4O4/c1-36-19-28-20-37(2,24-36)26-38(21-28,25-36)42-34(44)15-14-33(43)39-16-17-46-32-12-9-29(10-13-32)30-8-11-31(40-23-30)18-35(45)41-22-27-6-4-3-5-7-27/h3-13,23,28H,14-22,24-26H2,1-2H3,(H,39,43)(H,41,45)(H,42,44). The second-order valence-electron chi connectivity index (χ2n) is 14.7. The summed E-state index contributed by atoms with van der Waals surface area (Å²) in [6, 6.07) is 21.3. The van der Waals surface area contributed by atoms with Gasteiger partial charge in [-0.05, 0) is 84.6 Å². The maximum Gasteiger partial charge on any atom is 0.226 e. The van der Waals surface area contributed by atoms with E-state index in [-0.39, 0.29) is 42.5 Å². The van der Waals surface area contributed by atoms with Crippen LogP contribution < -0.4 is 20.7 Å². The molecule has 0 spiro atoms. The molecule has 7 rings (SSSR count). The van der Waals surface area contributed by atoms with Gasteiger partial charge < -0.3 is 20.7 Å². The van der Waals surface area contributed by atoms with Gasteiger partial charge in [-0.15, -0.1) is 0 Å². The van der Waals surface area contributed by atoms with Gasteiger partial charge in [0.2, 0.25) is 17.7 Å². The molecule has 4 aliphatic carbocycles. The molecule has 46 heavy (non-hydrogen) atoms. The molecule has 242 valence electrons. The third kappa shape index (κ3) is 7.95. The molecule has 2 unspecified atom stereocenters. The molecule has 0 saturated heterocycles. The number of benzene rings is 2. The number of carbonyl (C=O) groups is 3. The van der Waals surface area contributed by atoms with Crippen LogP contribution in [0.25, 0.3) is 11.1 Å². The quantitative estimate of drug-likeness (QED) is 0.211. The molecule has 4 fully saturated rings. The lowest BCUT2D eigenvalue weighted by molar-refractivity contribution is -0.140. The normalized spacial score (nSPS) is 25.9. The van der Waals surface area contributed by atoms with E-state index >= 15 is 0 Å². The second kappa shape index (κ2) is 13.3. The highest BCUT2D eigenvalue weighted by molar-refractivity contribution is 5.84. The average molecular weight is 623 g/mol. The summed E-state index contributed by atoms with van der Waals surface area (Å²) in [5.41, 5.74) is 4.30. The summed E-state index contributed by atoms with van der Waals surface area (Å²) in [5.74, 6) is 1.21. The van der Waals surface area contributed by atoms with Crippen molar-refractivity contribution < 1.29 is 19.1 Å². The van der Waals surface area contributed by atoms with E-state index in [2.05, 4.69) is 34.8 Å². The molecule has 3 amide bonds. The number of nitrogens with one attached hydrogen (secondary N) is 3. The predicted octanol–water partition coefficient (Wildman–Crippen LogP) is 5.75. The van der Waals surface area contributed by atoms with Crippen molar-refractivity contribution >= 4 is 17.7 Å². The van der Waals surface area contributed by atoms with Crippen molar-refractivity contribution in [2.45, 2.75) is 83.7 Å². The molecule has 8 nitrogen and oxygen atoms in total. The van der Waals surface area contributed by atoms with Crippen molar-refractivity contribution in [3.63, 3.8) is 0 Å². The minimum absolute atomic E-state index is 0.00480. The molecule has 3 aromatic rings. The molecule has 2 aromatic carbocycles. The van der Waals surface area contributed by atoms with E-state index in [1.807, 2.05) is 66.7 Å². The molecule has 4 aliphatic rings. The molecule has 1 heterocycles. The molecular formula is C38H46N4O4. The van der Waals surface area contributed by atoms with Gasteiger partial charge in [-0.1, -0.05) is 62.4 Å². The van der Waals surface area contributed by atoms with E-state index in [0.29, 0.717) is 47.9 Å². The zero-order valence-corrected chi connectivity index (χ0v) is 27.1. The Morgan fingerprint density at radius 3 is 2.15 bits per heavy atom. The van der Waals surface area contributed by atoms with Gasteiger partial charge in [-0.25, -0.2) is 0 Å². The van der Waals surface area contributed by atoms with Crippen LogP contribution in [0.5, 0.6) is 5.75 Å². The lowest BCUT2D eigenvalue weighted by Gasteiger charge is -2.65. The molecular weight excluding hydrogens is 576 g/mol. The van der Waals surface area contributed by atoms with Gasteiger partial charge in [-0.3, -0.25) is 19.4 Å². The summed E-state index contributed by atoms with van der Waals surface area (Å²) in [7, 11) is 0. The van der Waals surface area contributed by atoms with E-state index in [1.165, 1.54) is 19.3 Å². The second-order valence-corrected chi connectivity index (χ2v) is 14.7. The topological polar surface area (TPSA) is 109 Å². The van der Waals surface area contributed by atoms with Crippen LogP contribution >= 0.6 is 0 Å². The average Bonchev–Trinajstić information content (AvgIpc) is 3.00. The van der Waals surface area contributed by atoms with Crippen molar-refractivity contribution in [2.24, 2.45) is 16.7 Å². The van der Waals surface area contributed by atoms with Gasteiger partial charge in [-0.2, -0.15) is 0 Å². The number of rotatable bonds is 13. The summed E-state index contributed by atoms with van der Waals surface area (Å²) in [6.45, 7) is 6.00. The zero-order chi connectivity index (χ0) is 32.2. The SMILES string of the molecule is CC12CC3CC(C)(C1)CC(NC(=O)CCC(=O)NCCOc1ccc(-c4ccc(CC(=O)NCc5ccccc5)nc4)cc1)(C3)C2. The lowest BCUT2D eigenvalue weighted by Crippen LogP contribution is -2.65. The van der Waals surface area contributed by atoms with Crippen LogP contribution in [-0.4, -0.2) is 41.4 Å². The van der Waals surface area contributed by atoms with Gasteiger partial charge in [0.05, 0.1) is 13.0 Å². The third-order valence-corrected chi connectivity index (χ3v) is 9.99. The first kappa shape index (κ1) is 31.8. The number of carbonyl (C=O) groups excluding carboxylic acids is 3. The maximum absolute atomic E-state index is 12.9. The Bertz CT molecular complexity index is 1520. The first-order chi connectivity index (χ1) is 22.1. The summed E-state index contributed by atoms with van der Waals surface area (Å²) in [6.07, 6.45) is 9.48. The molecule has 8 heteroatoms. The van der Waals surface area contributed by atoms with Crippen LogP contribution in [-0.2, 0) is 27.3 Å². The molecule has 3 N–H and O–H groups in total. The fourth-order valence-corrected chi connectivity index (χ4v) is 9.09. The van der Waals surface area contributed by atoms with Gasteiger partial charge in [0.1, 0.15) is 12.4 Å². The van der Waals surface area contributed by atoms with E-state index < -0.39 is 0 Å². The fourth-order valence-electron chi connectivity index (χ4n) is 9.09. The van der Waals surface area contributed by atoms with E-state index in [9.17, 15) is 14.4 Å². The molecule has 4 saturated carbocycles. The predicted molar refractivity (Wildman–Crippen MR) is 178 cm³/mol. The van der Waals surface area contributed by atoms with Gasteiger partial charge in [0.15, 0.2) is 0 Å². The Kier molecular flexibility index (Phi) is 9.16. The highest BCUT2D eigenvalue weighted by Crippen LogP contribution is 2.66. The van der Waals surface area contributed by atoms with Crippen LogP contribution in [0.2, 0.25) is 0 Å². The van der Waals surface area contributed by atoms with Gasteiger partial charge in [0.25, 0.3) is 0 Å². The van der Waals surface area contributed by atoms with Crippen LogP contribution in [0, 0.1) is 16.7 Å². The number of aromatic nitrogens is 1. The fraction of sp³-hybridized carbons (Fsp3) is 0.474. The summed E-state index contributed by atoms with van der Waals surface area (Å²) >= 11 is 0. The third-order valence-electron chi connectivity index (χ3n) is 9.99. The highest BCUT2D eigenvalue weighted by Gasteiger charge is 2.60. The summed E-state index contributed by atoms with van der Waals surface area (Å²) in [4.78, 5) is 42.1. The van der Waals surface area contributed by atoms with Crippen molar-refractivity contribution in [3.8, 4) is 16.9 Å². The molecule has 2 atom stereocenters. The first-order valence-corrected chi connectivity index (χ1v) is 16.6. The number of nitrogens with zero attached hydrogens (tertiary/aromatic N) is 1. The minimum atomic E-state index is -0.136. The van der Waals surface area contributed by atoms with Crippen molar-refractivity contribution in [1.29, 1.82) is 0 Å². The van der Waals surface area contributed by atoms with Gasteiger partial charge >= 0.3 is 0 Å². The number of hydrogen-bond acceptors (Lipinski definition) is 5. The highest BCUT2D eigenvalue weighted by atomic mass is 16.5. The Morgan fingerprint density at radius 1 is 0.783 bits per heavy atom. The van der Waals surface area contributed by atoms with E-state index in [1.54, 1.807) is 6.20 Å². The number of hydrogen-bond donors (Lipinski definition) is 3. The zero-order valence-electron chi connectivity index (χ0n) is 27.1. The molecule has 0 aliphatic heterocycles. The molecule has 4 bridgehead atoms. The lowest BCUT2D eigenvalue weighted by atomic mass is 9.43. The number of ether oxygens (including phenoxy) is 1. The molecule has 1 aromatic heterocycles. The van der Waals surface area contributed by atoms with Crippen molar-refractivity contribution in [2.75, 3.05) is 13.2 Å². The maximum atomic E-state index is 12.9. The molecule has 0 radical (unpaired) electrons. The number of amides is 3. The van der Waals surface area contributed by atoms with Gasteiger partial charge in [0, 0.05) is 42.4 Å². The van der Waals surface area contributed by atoms with E-state index in [0.717, 1.165) is 36.0 Å². The Labute approximate surface area is 272 Å². The van der Waals surface area contributed by atoms with Crippen LogP contribution in [0.3, 0.4) is 0 Å². The smallest absolute Gasteiger partial charge is 0.226 e. The minimum Gasteiger partial charge on any atom is -0.492 e. The summed E-state index contributed by atoms with van der Waals surface area (Å²) < 4.78 is 5.81.